The maximum absolute atomic E-state index is 4.68. The van der Waals surface area contributed by atoms with Gasteiger partial charge in [-0.15, -0.1) is 0 Å². The van der Waals surface area contributed by atoms with Gasteiger partial charge in [-0.2, -0.15) is 0 Å². The van der Waals surface area contributed by atoms with E-state index < -0.39 is 0 Å². The molecule has 0 saturated heterocycles. The lowest BCUT2D eigenvalue weighted by Crippen LogP contribution is -2.33. The number of hydrogen-bond acceptors (Lipinski definition) is 3. The van der Waals surface area contributed by atoms with Crippen LogP contribution in [0.5, 0.6) is 0 Å². The predicted octanol–water partition coefficient (Wildman–Crippen LogP) is 2.75. The van der Waals surface area contributed by atoms with Gasteiger partial charge < -0.3 is 5.32 Å². The van der Waals surface area contributed by atoms with E-state index in [1.807, 2.05) is 11.8 Å². The molecule has 1 aliphatic rings. The number of nitrogens with zero attached hydrogens (tertiary/aromatic N) is 1. The van der Waals surface area contributed by atoms with E-state index in [-0.39, 0.29) is 0 Å². The summed E-state index contributed by atoms with van der Waals surface area (Å²) in [4.78, 5) is 4.68. The van der Waals surface area contributed by atoms with Crippen LogP contribution in [-0.2, 0) is 0 Å². The van der Waals surface area contributed by atoms with Crippen molar-refractivity contribution in [3.05, 3.63) is 0 Å². The first-order valence-electron chi connectivity index (χ1n) is 5.47. The molecule has 0 amide bonds. The summed E-state index contributed by atoms with van der Waals surface area (Å²) in [6.07, 6.45) is 0. The molecule has 0 saturated carbocycles. The second kappa shape index (κ2) is 5.06. The van der Waals surface area contributed by atoms with Crippen molar-refractivity contribution in [3.63, 3.8) is 0 Å². The van der Waals surface area contributed by atoms with E-state index in [9.17, 15) is 0 Å². The topological polar surface area (TPSA) is 24.4 Å². The second-order valence-electron chi connectivity index (χ2n) is 4.73. The molecule has 0 spiro atoms. The zero-order valence-corrected chi connectivity index (χ0v) is 10.7. The minimum absolute atomic E-state index is 0.516. The van der Waals surface area contributed by atoms with E-state index in [0.29, 0.717) is 23.9 Å². The third-order valence-corrected chi connectivity index (χ3v) is 3.80. The van der Waals surface area contributed by atoms with E-state index >= 15 is 0 Å². The Bertz CT molecular complexity index is 211. The first kappa shape index (κ1) is 11.9. The van der Waals surface area contributed by atoms with Gasteiger partial charge in [0.25, 0.3) is 0 Å². The van der Waals surface area contributed by atoms with E-state index in [1.54, 1.807) is 0 Å². The van der Waals surface area contributed by atoms with Crippen molar-refractivity contribution in [1.82, 2.24) is 5.32 Å². The Morgan fingerprint density at radius 1 is 1.29 bits per heavy atom. The van der Waals surface area contributed by atoms with Gasteiger partial charge >= 0.3 is 0 Å². The number of nitrogens with one attached hydrogen (secondary N) is 1. The summed E-state index contributed by atoms with van der Waals surface area (Å²) in [6.45, 7) is 11.2. The van der Waals surface area contributed by atoms with Gasteiger partial charge in [-0.3, -0.25) is 4.99 Å². The molecule has 0 aliphatic carbocycles. The standard InChI is InChI=1S/C11H22N2S/c1-7(2)9(5)12-11-13-10(6-14-11)8(3)4/h7-10H,6H2,1-5H3,(H,12,13). The fraction of sp³-hybridized carbons (Fsp3) is 0.909. The number of hydrogen-bond donors (Lipinski definition) is 1. The van der Waals surface area contributed by atoms with Crippen LogP contribution in [0.4, 0.5) is 0 Å². The lowest BCUT2D eigenvalue weighted by molar-refractivity contribution is 0.486. The van der Waals surface area contributed by atoms with Crippen LogP contribution < -0.4 is 5.32 Å². The maximum atomic E-state index is 4.68. The Kier molecular flexibility index (Phi) is 4.30. The van der Waals surface area contributed by atoms with Crippen molar-refractivity contribution in [2.45, 2.75) is 46.7 Å². The van der Waals surface area contributed by atoms with Crippen LogP contribution in [0.1, 0.15) is 34.6 Å². The molecule has 82 valence electrons. The Hall–Kier alpha value is -0.180. The molecular formula is C11H22N2S. The van der Waals surface area contributed by atoms with Gasteiger partial charge in [-0.1, -0.05) is 39.5 Å². The smallest absolute Gasteiger partial charge is 0.157 e. The Morgan fingerprint density at radius 2 is 1.93 bits per heavy atom. The number of amidine groups is 1. The molecule has 0 aromatic rings. The van der Waals surface area contributed by atoms with Crippen LogP contribution in [0.2, 0.25) is 0 Å². The summed E-state index contributed by atoms with van der Waals surface area (Å²) < 4.78 is 0. The van der Waals surface area contributed by atoms with Gasteiger partial charge in [0.05, 0.1) is 6.04 Å². The SMILES string of the molecule is CC(C)C1CSC(NC(C)C(C)C)=N1. The summed E-state index contributed by atoms with van der Waals surface area (Å²) in [5, 5.41) is 4.62. The summed E-state index contributed by atoms with van der Waals surface area (Å²) >= 11 is 1.86. The molecule has 2 nitrogen and oxygen atoms in total. The maximum Gasteiger partial charge on any atom is 0.157 e. The third-order valence-electron chi connectivity index (χ3n) is 2.79. The summed E-state index contributed by atoms with van der Waals surface area (Å²) in [6, 6.07) is 1.04. The lowest BCUT2D eigenvalue weighted by Gasteiger charge is -2.17. The molecule has 3 heteroatoms. The highest BCUT2D eigenvalue weighted by molar-refractivity contribution is 8.14. The van der Waals surface area contributed by atoms with Crippen LogP contribution in [0.25, 0.3) is 0 Å². The summed E-state index contributed by atoms with van der Waals surface area (Å²) in [7, 11) is 0. The van der Waals surface area contributed by atoms with Crippen LogP contribution in [-0.4, -0.2) is 23.0 Å². The fourth-order valence-corrected chi connectivity index (χ4v) is 2.44. The molecule has 1 heterocycles. The van der Waals surface area contributed by atoms with Crippen LogP contribution in [0.15, 0.2) is 4.99 Å². The van der Waals surface area contributed by atoms with Gasteiger partial charge in [0.2, 0.25) is 0 Å². The van der Waals surface area contributed by atoms with Gasteiger partial charge in [0.15, 0.2) is 5.17 Å². The van der Waals surface area contributed by atoms with Gasteiger partial charge in [-0.05, 0) is 18.8 Å². The highest BCUT2D eigenvalue weighted by Crippen LogP contribution is 2.22. The highest BCUT2D eigenvalue weighted by atomic mass is 32.2. The Balaban J connectivity index is 2.44. The molecule has 0 fully saturated rings. The van der Waals surface area contributed by atoms with Crippen molar-refractivity contribution in [1.29, 1.82) is 0 Å². The number of aliphatic imine (C=N–C) groups is 1. The van der Waals surface area contributed by atoms with Crippen molar-refractivity contribution in [2.75, 3.05) is 5.75 Å². The lowest BCUT2D eigenvalue weighted by atomic mass is 10.1. The Labute approximate surface area is 92.0 Å². The van der Waals surface area contributed by atoms with E-state index in [4.69, 9.17) is 0 Å². The van der Waals surface area contributed by atoms with E-state index in [1.165, 1.54) is 0 Å². The monoisotopic (exact) mass is 214 g/mol. The molecule has 14 heavy (non-hydrogen) atoms. The first-order valence-corrected chi connectivity index (χ1v) is 6.46. The zero-order valence-electron chi connectivity index (χ0n) is 9.87. The summed E-state index contributed by atoms with van der Waals surface area (Å²) in [5.74, 6) is 2.47. The van der Waals surface area contributed by atoms with Crippen LogP contribution in [0, 0.1) is 11.8 Å². The molecule has 0 aromatic heterocycles. The summed E-state index contributed by atoms with van der Waals surface area (Å²) in [5.41, 5.74) is 0. The van der Waals surface area contributed by atoms with Gasteiger partial charge in [0, 0.05) is 11.8 Å². The van der Waals surface area contributed by atoms with Crippen LogP contribution >= 0.6 is 11.8 Å². The van der Waals surface area contributed by atoms with E-state index in [0.717, 1.165) is 10.9 Å². The number of thioether (sulfide) groups is 1. The quantitative estimate of drug-likeness (QED) is 0.781. The molecule has 1 rings (SSSR count). The van der Waals surface area contributed by atoms with Gasteiger partial charge in [-0.25, -0.2) is 0 Å². The average molecular weight is 214 g/mol. The molecular weight excluding hydrogens is 192 g/mol. The minimum atomic E-state index is 0.516. The van der Waals surface area contributed by atoms with Crippen molar-refractivity contribution in [3.8, 4) is 0 Å². The molecule has 0 bridgehead atoms. The normalized spacial score (nSPS) is 24.2. The first-order chi connectivity index (χ1) is 6.50. The van der Waals surface area contributed by atoms with Crippen molar-refractivity contribution >= 4 is 16.9 Å². The predicted molar refractivity (Wildman–Crippen MR) is 66.0 cm³/mol. The third kappa shape index (κ3) is 3.19. The zero-order chi connectivity index (χ0) is 10.7. The van der Waals surface area contributed by atoms with Crippen LogP contribution in [0.3, 0.4) is 0 Å². The van der Waals surface area contributed by atoms with Gasteiger partial charge in [0.1, 0.15) is 0 Å². The van der Waals surface area contributed by atoms with Crippen molar-refractivity contribution in [2.24, 2.45) is 16.8 Å². The highest BCUT2D eigenvalue weighted by Gasteiger charge is 2.22. The largest absolute Gasteiger partial charge is 0.362 e. The minimum Gasteiger partial charge on any atom is -0.362 e. The second-order valence-corrected chi connectivity index (χ2v) is 5.74. The van der Waals surface area contributed by atoms with E-state index in [2.05, 4.69) is 44.9 Å². The molecule has 2 unspecified atom stereocenters. The molecule has 0 aromatic carbocycles. The number of rotatable bonds is 3. The Morgan fingerprint density at radius 3 is 2.36 bits per heavy atom. The average Bonchev–Trinajstić information content (AvgIpc) is 2.52. The van der Waals surface area contributed by atoms with Crippen molar-refractivity contribution < 1.29 is 0 Å². The molecule has 1 N–H and O–H groups in total. The molecule has 1 aliphatic heterocycles. The molecule has 0 radical (unpaired) electrons. The molecule has 2 atom stereocenters. The fourth-order valence-electron chi connectivity index (χ4n) is 1.17.